The van der Waals surface area contributed by atoms with Crippen molar-refractivity contribution in [2.75, 3.05) is 0 Å². The summed E-state index contributed by atoms with van der Waals surface area (Å²) in [6, 6.07) is 4.02. The Morgan fingerprint density at radius 2 is 2.09 bits per heavy atom. The average molecular weight is 148 g/mol. The van der Waals surface area contributed by atoms with Crippen LogP contribution < -0.4 is 0 Å². The molecule has 2 heterocycles. The summed E-state index contributed by atoms with van der Waals surface area (Å²) >= 11 is 0. The van der Waals surface area contributed by atoms with Crippen LogP contribution in [0.15, 0.2) is 36.9 Å². The topological polar surface area (TPSA) is 17.3 Å². The average Bonchev–Trinajstić information content (AvgIpc) is 2.55. The second kappa shape index (κ2) is 3.76. The van der Waals surface area contributed by atoms with Gasteiger partial charge in [0, 0.05) is 18.6 Å². The van der Waals surface area contributed by atoms with Crippen molar-refractivity contribution in [1.82, 2.24) is 9.38 Å². The van der Waals surface area contributed by atoms with E-state index in [2.05, 4.69) is 4.98 Å². The second-order valence-corrected chi connectivity index (χ2v) is 1.92. The maximum atomic E-state index is 3.96. The first-order chi connectivity index (χ1) is 5.47. The zero-order valence-electron chi connectivity index (χ0n) is 6.86. The number of nitrogens with zero attached hydrogens (tertiary/aromatic N) is 2. The molecule has 0 fully saturated rings. The molecule has 0 radical (unpaired) electrons. The minimum atomic E-state index is 1.14. The predicted octanol–water partition coefficient (Wildman–Crippen LogP) is 2.36. The van der Waals surface area contributed by atoms with Crippen molar-refractivity contribution in [3.05, 3.63) is 36.9 Å². The van der Waals surface area contributed by atoms with E-state index < -0.39 is 0 Å². The molecular formula is C9H12N2. The smallest absolute Gasteiger partial charge is 0.0634 e. The zero-order valence-corrected chi connectivity index (χ0v) is 6.86. The fourth-order valence-corrected chi connectivity index (χ4v) is 0.882. The van der Waals surface area contributed by atoms with E-state index in [0.29, 0.717) is 0 Å². The van der Waals surface area contributed by atoms with Gasteiger partial charge in [-0.25, -0.2) is 0 Å². The first-order valence-electron chi connectivity index (χ1n) is 3.83. The van der Waals surface area contributed by atoms with Gasteiger partial charge in [-0.15, -0.1) is 0 Å². The third-order valence-electron chi connectivity index (χ3n) is 1.33. The normalized spacial score (nSPS) is 8.91. The largest absolute Gasteiger partial charge is 0.321 e. The van der Waals surface area contributed by atoms with Crippen LogP contribution in [0.1, 0.15) is 13.8 Å². The maximum absolute atomic E-state index is 3.96. The van der Waals surface area contributed by atoms with Crippen molar-refractivity contribution in [2.24, 2.45) is 0 Å². The Morgan fingerprint density at radius 3 is 2.82 bits per heavy atom. The summed E-state index contributed by atoms with van der Waals surface area (Å²) in [7, 11) is 0. The van der Waals surface area contributed by atoms with Gasteiger partial charge in [-0.3, -0.25) is 4.98 Å². The van der Waals surface area contributed by atoms with E-state index in [1.807, 2.05) is 49.0 Å². The Kier molecular flexibility index (Phi) is 2.66. The lowest BCUT2D eigenvalue weighted by Gasteiger charge is -1.87. The van der Waals surface area contributed by atoms with Gasteiger partial charge in [0.2, 0.25) is 0 Å². The zero-order chi connectivity index (χ0) is 8.10. The minimum Gasteiger partial charge on any atom is -0.321 e. The van der Waals surface area contributed by atoms with Crippen LogP contribution in [0.25, 0.3) is 5.52 Å². The lowest BCUT2D eigenvalue weighted by Crippen LogP contribution is -1.79. The van der Waals surface area contributed by atoms with Crippen molar-refractivity contribution in [2.45, 2.75) is 13.8 Å². The van der Waals surface area contributed by atoms with Crippen LogP contribution in [0, 0.1) is 0 Å². The van der Waals surface area contributed by atoms with Crippen molar-refractivity contribution in [1.29, 1.82) is 0 Å². The molecule has 0 aromatic carbocycles. The number of fused-ring (bicyclic) bond motifs is 1. The minimum absolute atomic E-state index is 1.14. The van der Waals surface area contributed by atoms with Gasteiger partial charge in [-0.05, 0) is 12.1 Å². The number of rotatable bonds is 0. The fraction of sp³-hybridized carbons (Fsp3) is 0.222. The molecule has 0 aliphatic heterocycles. The van der Waals surface area contributed by atoms with Crippen LogP contribution in [0.2, 0.25) is 0 Å². The van der Waals surface area contributed by atoms with Gasteiger partial charge in [0.1, 0.15) is 0 Å². The molecular weight excluding hydrogens is 136 g/mol. The molecule has 0 unspecified atom stereocenters. The third kappa shape index (κ3) is 1.58. The number of aromatic nitrogens is 2. The van der Waals surface area contributed by atoms with E-state index in [1.54, 1.807) is 6.20 Å². The van der Waals surface area contributed by atoms with Crippen molar-refractivity contribution in [3.8, 4) is 0 Å². The van der Waals surface area contributed by atoms with Crippen LogP contribution >= 0.6 is 0 Å². The summed E-state index contributed by atoms with van der Waals surface area (Å²) in [5, 5.41) is 0. The molecule has 0 saturated heterocycles. The standard InChI is InChI=1S/C7H6N2.C2H6/c1-2-7-6-8-3-5-9(7)4-1;1-2/h1-6H;1-2H3. The first-order valence-corrected chi connectivity index (χ1v) is 3.83. The Labute approximate surface area is 66.5 Å². The van der Waals surface area contributed by atoms with Crippen LogP contribution in [0.5, 0.6) is 0 Å². The summed E-state index contributed by atoms with van der Waals surface area (Å²) in [4.78, 5) is 3.96. The monoisotopic (exact) mass is 148 g/mol. The number of hydrogen-bond donors (Lipinski definition) is 0. The Balaban J connectivity index is 0.000000281. The van der Waals surface area contributed by atoms with E-state index in [1.165, 1.54) is 0 Å². The molecule has 2 heteroatoms. The van der Waals surface area contributed by atoms with Crippen LogP contribution in [-0.2, 0) is 0 Å². The molecule has 2 rings (SSSR count). The maximum Gasteiger partial charge on any atom is 0.0634 e. The van der Waals surface area contributed by atoms with Gasteiger partial charge < -0.3 is 4.40 Å². The van der Waals surface area contributed by atoms with Crippen LogP contribution in [0.4, 0.5) is 0 Å². The Hall–Kier alpha value is -1.31. The molecule has 0 amide bonds. The van der Waals surface area contributed by atoms with Gasteiger partial charge in [0.25, 0.3) is 0 Å². The molecule has 2 aromatic heterocycles. The van der Waals surface area contributed by atoms with Gasteiger partial charge in [0.05, 0.1) is 11.7 Å². The molecule has 0 N–H and O–H groups in total. The number of hydrogen-bond acceptors (Lipinski definition) is 1. The molecule has 2 aromatic rings. The molecule has 11 heavy (non-hydrogen) atoms. The van der Waals surface area contributed by atoms with E-state index >= 15 is 0 Å². The Bertz CT molecular complexity index is 282. The summed E-state index contributed by atoms with van der Waals surface area (Å²) in [5.74, 6) is 0. The van der Waals surface area contributed by atoms with E-state index in [0.717, 1.165) is 5.52 Å². The van der Waals surface area contributed by atoms with Crippen molar-refractivity contribution >= 4 is 5.52 Å². The van der Waals surface area contributed by atoms with Crippen LogP contribution in [-0.4, -0.2) is 9.38 Å². The first kappa shape index (κ1) is 7.79. The lowest BCUT2D eigenvalue weighted by atomic mass is 10.5. The van der Waals surface area contributed by atoms with Gasteiger partial charge in [-0.1, -0.05) is 13.8 Å². The van der Waals surface area contributed by atoms with E-state index in [9.17, 15) is 0 Å². The second-order valence-electron chi connectivity index (χ2n) is 1.92. The summed E-state index contributed by atoms with van der Waals surface area (Å²) in [5.41, 5.74) is 1.14. The van der Waals surface area contributed by atoms with E-state index in [4.69, 9.17) is 0 Å². The molecule has 0 saturated carbocycles. The van der Waals surface area contributed by atoms with Gasteiger partial charge in [-0.2, -0.15) is 0 Å². The highest BCUT2D eigenvalue weighted by Gasteiger charge is 1.84. The lowest BCUT2D eigenvalue weighted by molar-refractivity contribution is 1.14. The Morgan fingerprint density at radius 1 is 1.27 bits per heavy atom. The molecule has 0 spiro atoms. The third-order valence-corrected chi connectivity index (χ3v) is 1.33. The molecule has 0 atom stereocenters. The van der Waals surface area contributed by atoms with Gasteiger partial charge >= 0.3 is 0 Å². The summed E-state index contributed by atoms with van der Waals surface area (Å²) in [6.07, 6.45) is 7.53. The highest BCUT2D eigenvalue weighted by Crippen LogP contribution is 1.98. The molecule has 58 valence electrons. The summed E-state index contributed by atoms with van der Waals surface area (Å²) < 4.78 is 2.02. The summed E-state index contributed by atoms with van der Waals surface area (Å²) in [6.45, 7) is 4.00. The highest BCUT2D eigenvalue weighted by molar-refractivity contribution is 5.44. The molecule has 2 nitrogen and oxygen atoms in total. The van der Waals surface area contributed by atoms with Crippen molar-refractivity contribution in [3.63, 3.8) is 0 Å². The molecule has 0 bridgehead atoms. The van der Waals surface area contributed by atoms with E-state index in [-0.39, 0.29) is 0 Å². The van der Waals surface area contributed by atoms with Crippen LogP contribution in [0.3, 0.4) is 0 Å². The highest BCUT2D eigenvalue weighted by atomic mass is 14.9. The van der Waals surface area contributed by atoms with Gasteiger partial charge in [0.15, 0.2) is 0 Å². The molecule has 0 aliphatic carbocycles. The predicted molar refractivity (Wildman–Crippen MR) is 46.5 cm³/mol. The fourth-order valence-electron chi connectivity index (χ4n) is 0.882. The quantitative estimate of drug-likeness (QED) is 0.560. The van der Waals surface area contributed by atoms with Crippen molar-refractivity contribution < 1.29 is 0 Å². The SMILES string of the molecule is CC.c1cc2cnccn2c1. The molecule has 0 aliphatic rings.